The van der Waals surface area contributed by atoms with Crippen LogP contribution in [0.5, 0.6) is 0 Å². The molecule has 0 radical (unpaired) electrons. The third-order valence-electron chi connectivity index (χ3n) is 4.29. The van der Waals surface area contributed by atoms with Crippen molar-refractivity contribution >= 4 is 11.7 Å². The third kappa shape index (κ3) is 4.94. The van der Waals surface area contributed by atoms with Gasteiger partial charge in [0.05, 0.1) is 0 Å². The van der Waals surface area contributed by atoms with Crippen molar-refractivity contribution in [1.29, 1.82) is 0 Å². The molecule has 3 aromatic rings. The van der Waals surface area contributed by atoms with E-state index in [9.17, 15) is 4.79 Å². The molecule has 0 fully saturated rings. The molecule has 1 aromatic heterocycles. The van der Waals surface area contributed by atoms with E-state index in [0.29, 0.717) is 23.9 Å². The molecule has 0 spiro atoms. The van der Waals surface area contributed by atoms with Crippen molar-refractivity contribution in [2.75, 3.05) is 11.9 Å². The summed E-state index contributed by atoms with van der Waals surface area (Å²) < 4.78 is 5.28. The molecule has 0 unspecified atom stereocenters. The number of aromatic nitrogens is 2. The number of nitrogens with zero attached hydrogens (tertiary/aromatic N) is 2. The summed E-state index contributed by atoms with van der Waals surface area (Å²) in [5.41, 5.74) is 4.00. The van der Waals surface area contributed by atoms with Gasteiger partial charge in [-0.15, -0.1) is 0 Å². The quantitative estimate of drug-likeness (QED) is 0.673. The summed E-state index contributed by atoms with van der Waals surface area (Å²) >= 11 is 0. The molecule has 1 heterocycles. The molecule has 0 atom stereocenters. The number of rotatable bonds is 6. The monoisotopic (exact) mass is 364 g/mol. The fourth-order valence-corrected chi connectivity index (χ4v) is 2.66. The van der Waals surface area contributed by atoms with E-state index < -0.39 is 0 Å². The molecular weight excluding hydrogens is 340 g/mol. The van der Waals surface area contributed by atoms with Gasteiger partial charge in [-0.1, -0.05) is 43.3 Å². The molecular formula is C21H24N4O2. The first-order valence-corrected chi connectivity index (χ1v) is 9.06. The first-order chi connectivity index (χ1) is 13.0. The van der Waals surface area contributed by atoms with Gasteiger partial charge in [-0.05, 0) is 48.7 Å². The molecule has 6 nitrogen and oxygen atoms in total. The molecule has 3 rings (SSSR count). The Morgan fingerprint density at radius 1 is 1.11 bits per heavy atom. The lowest BCUT2D eigenvalue weighted by molar-refractivity contribution is 0.252. The summed E-state index contributed by atoms with van der Waals surface area (Å²) in [7, 11) is 0. The zero-order valence-corrected chi connectivity index (χ0v) is 15.8. The highest BCUT2D eigenvalue weighted by Gasteiger charge is 2.11. The molecule has 2 amide bonds. The van der Waals surface area contributed by atoms with E-state index >= 15 is 0 Å². The number of carbonyl (C=O) groups excluding carboxylic acids is 1. The average Bonchev–Trinajstić information content (AvgIpc) is 3.14. The minimum absolute atomic E-state index is 0.215. The number of aryl methyl sites for hydroxylation is 1. The van der Waals surface area contributed by atoms with Crippen LogP contribution in [-0.2, 0) is 6.42 Å². The Balaban J connectivity index is 1.51. The Morgan fingerprint density at radius 3 is 2.52 bits per heavy atom. The highest BCUT2D eigenvalue weighted by molar-refractivity contribution is 5.89. The maximum Gasteiger partial charge on any atom is 0.319 e. The average molecular weight is 364 g/mol. The van der Waals surface area contributed by atoms with Crippen molar-refractivity contribution in [3.8, 4) is 11.5 Å². The minimum atomic E-state index is -0.226. The Labute approximate surface area is 159 Å². The number of amides is 2. The van der Waals surface area contributed by atoms with Crippen LogP contribution < -0.4 is 10.6 Å². The van der Waals surface area contributed by atoms with E-state index in [0.717, 1.165) is 12.0 Å². The third-order valence-corrected chi connectivity index (χ3v) is 4.29. The largest absolute Gasteiger partial charge is 0.338 e. The van der Waals surface area contributed by atoms with Gasteiger partial charge in [0.15, 0.2) is 5.82 Å². The molecule has 2 aromatic carbocycles. The van der Waals surface area contributed by atoms with E-state index in [1.807, 2.05) is 50.2 Å². The van der Waals surface area contributed by atoms with Crippen LogP contribution in [0.2, 0.25) is 0 Å². The minimum Gasteiger partial charge on any atom is -0.338 e. The topological polar surface area (TPSA) is 80.0 Å². The zero-order valence-electron chi connectivity index (χ0n) is 15.8. The first-order valence-electron chi connectivity index (χ1n) is 9.06. The number of urea groups is 1. The van der Waals surface area contributed by atoms with Gasteiger partial charge < -0.3 is 15.2 Å². The summed E-state index contributed by atoms with van der Waals surface area (Å²) in [5, 5.41) is 9.67. The second kappa shape index (κ2) is 8.49. The molecule has 2 N–H and O–H groups in total. The van der Waals surface area contributed by atoms with E-state index in [1.54, 1.807) is 0 Å². The van der Waals surface area contributed by atoms with Gasteiger partial charge >= 0.3 is 6.03 Å². The Bertz CT molecular complexity index is 901. The van der Waals surface area contributed by atoms with Gasteiger partial charge in [0.2, 0.25) is 0 Å². The van der Waals surface area contributed by atoms with Gasteiger partial charge in [-0.2, -0.15) is 4.98 Å². The van der Waals surface area contributed by atoms with Crippen LogP contribution in [0.15, 0.2) is 53.1 Å². The summed E-state index contributed by atoms with van der Waals surface area (Å²) in [5.74, 6) is 1.37. The smallest absolute Gasteiger partial charge is 0.319 e. The summed E-state index contributed by atoms with van der Waals surface area (Å²) in [6, 6.07) is 15.3. The van der Waals surface area contributed by atoms with Gasteiger partial charge in [0.25, 0.3) is 5.89 Å². The molecule has 0 saturated heterocycles. The molecule has 0 aliphatic heterocycles. The Hall–Kier alpha value is -3.15. The summed E-state index contributed by atoms with van der Waals surface area (Å²) in [6.45, 7) is 6.68. The van der Waals surface area contributed by atoms with E-state index in [-0.39, 0.29) is 11.9 Å². The summed E-state index contributed by atoms with van der Waals surface area (Å²) in [4.78, 5) is 16.4. The highest BCUT2D eigenvalue weighted by Crippen LogP contribution is 2.21. The van der Waals surface area contributed by atoms with Crippen LogP contribution in [0.1, 0.15) is 36.7 Å². The Morgan fingerprint density at radius 2 is 1.85 bits per heavy atom. The lowest BCUT2D eigenvalue weighted by Gasteiger charge is -2.09. The zero-order chi connectivity index (χ0) is 19.2. The normalized spacial score (nSPS) is 10.8. The SMILES string of the molecule is Cc1ccccc1CCNC(=O)Nc1ccc(-c2nc(C(C)C)no2)cc1. The van der Waals surface area contributed by atoms with E-state index in [1.165, 1.54) is 11.1 Å². The predicted molar refractivity (Wildman–Crippen MR) is 106 cm³/mol. The van der Waals surface area contributed by atoms with Gasteiger partial charge in [-0.3, -0.25) is 0 Å². The number of benzene rings is 2. The molecule has 0 aliphatic rings. The predicted octanol–water partition coefficient (Wildman–Crippen LogP) is 4.53. The van der Waals surface area contributed by atoms with Crippen LogP contribution in [0, 0.1) is 6.92 Å². The lowest BCUT2D eigenvalue weighted by Crippen LogP contribution is -2.30. The Kier molecular flexibility index (Phi) is 5.86. The van der Waals surface area contributed by atoms with Crippen LogP contribution in [0.4, 0.5) is 10.5 Å². The number of anilines is 1. The molecule has 140 valence electrons. The number of nitrogens with one attached hydrogen (secondary N) is 2. The van der Waals surface area contributed by atoms with Crippen molar-refractivity contribution in [1.82, 2.24) is 15.5 Å². The number of hydrogen-bond donors (Lipinski definition) is 2. The van der Waals surface area contributed by atoms with E-state index in [4.69, 9.17) is 4.52 Å². The molecule has 0 bridgehead atoms. The van der Waals surface area contributed by atoms with Gasteiger partial charge in [0, 0.05) is 23.7 Å². The van der Waals surface area contributed by atoms with Crippen LogP contribution in [0.25, 0.3) is 11.5 Å². The van der Waals surface area contributed by atoms with Crippen LogP contribution in [-0.4, -0.2) is 22.7 Å². The molecule has 0 saturated carbocycles. The molecule has 6 heteroatoms. The highest BCUT2D eigenvalue weighted by atomic mass is 16.5. The van der Waals surface area contributed by atoms with Crippen LogP contribution >= 0.6 is 0 Å². The molecule has 27 heavy (non-hydrogen) atoms. The van der Waals surface area contributed by atoms with Crippen LogP contribution in [0.3, 0.4) is 0 Å². The standard InChI is InChI=1S/C21H24N4O2/c1-14(2)19-24-20(27-25-19)17-8-10-18(11-9-17)23-21(26)22-13-12-16-7-5-4-6-15(16)3/h4-11,14H,12-13H2,1-3H3,(H2,22,23,26). The van der Waals surface area contributed by atoms with Crippen molar-refractivity contribution in [2.45, 2.75) is 33.1 Å². The van der Waals surface area contributed by atoms with E-state index in [2.05, 4.69) is 39.8 Å². The maximum atomic E-state index is 12.1. The van der Waals surface area contributed by atoms with Gasteiger partial charge in [0.1, 0.15) is 0 Å². The fourth-order valence-electron chi connectivity index (χ4n) is 2.66. The second-order valence-electron chi connectivity index (χ2n) is 6.75. The van der Waals surface area contributed by atoms with Crippen molar-refractivity contribution in [3.63, 3.8) is 0 Å². The van der Waals surface area contributed by atoms with Gasteiger partial charge in [-0.25, -0.2) is 4.79 Å². The van der Waals surface area contributed by atoms with Crippen molar-refractivity contribution in [3.05, 3.63) is 65.5 Å². The van der Waals surface area contributed by atoms with Crippen molar-refractivity contribution in [2.24, 2.45) is 0 Å². The number of hydrogen-bond acceptors (Lipinski definition) is 4. The fraction of sp³-hybridized carbons (Fsp3) is 0.286. The lowest BCUT2D eigenvalue weighted by atomic mass is 10.1. The first kappa shape index (κ1) is 18.6. The molecule has 0 aliphatic carbocycles. The number of carbonyl (C=O) groups is 1. The summed E-state index contributed by atoms with van der Waals surface area (Å²) in [6.07, 6.45) is 0.800. The second-order valence-corrected chi connectivity index (χ2v) is 6.75. The maximum absolute atomic E-state index is 12.1. The van der Waals surface area contributed by atoms with Crippen molar-refractivity contribution < 1.29 is 9.32 Å².